The number of aliphatic carboxylic acids is 1. The Kier molecular flexibility index (Phi) is 7.12. The van der Waals surface area contributed by atoms with E-state index in [1.165, 1.54) is 13.2 Å². The molecule has 0 saturated carbocycles. The minimum atomic E-state index is -1.06. The Morgan fingerprint density at radius 1 is 1.35 bits per heavy atom. The first kappa shape index (κ1) is 18.5. The van der Waals surface area contributed by atoms with Gasteiger partial charge in [0.25, 0.3) is 0 Å². The minimum absolute atomic E-state index is 0.208. The molecule has 126 valence electrons. The molecule has 0 aliphatic rings. The van der Waals surface area contributed by atoms with Crippen LogP contribution in [0.5, 0.6) is 11.5 Å². The third kappa shape index (κ3) is 5.32. The smallest absolute Gasteiger partial charge is 0.326 e. The Morgan fingerprint density at radius 3 is 2.57 bits per heavy atom. The normalized spacial score (nSPS) is 12.2. The summed E-state index contributed by atoms with van der Waals surface area (Å²) in [6, 6.07) is 4.41. The minimum Gasteiger partial charge on any atom is -0.493 e. The molecule has 1 aromatic carbocycles. The van der Waals surface area contributed by atoms with E-state index >= 15 is 0 Å². The number of carbonyl (C=O) groups excluding carboxylic acids is 1. The van der Waals surface area contributed by atoms with E-state index in [-0.39, 0.29) is 5.92 Å². The van der Waals surface area contributed by atoms with E-state index in [2.05, 4.69) is 5.32 Å². The van der Waals surface area contributed by atoms with Crippen molar-refractivity contribution in [1.29, 1.82) is 0 Å². The van der Waals surface area contributed by atoms with Crippen LogP contribution in [0.15, 0.2) is 24.3 Å². The van der Waals surface area contributed by atoms with Crippen LogP contribution in [-0.4, -0.2) is 36.7 Å². The van der Waals surface area contributed by atoms with Crippen LogP contribution >= 0.6 is 0 Å². The van der Waals surface area contributed by atoms with Gasteiger partial charge in [-0.2, -0.15) is 0 Å². The molecule has 2 N–H and O–H groups in total. The highest BCUT2D eigenvalue weighted by Crippen LogP contribution is 2.31. The van der Waals surface area contributed by atoms with E-state index in [1.54, 1.807) is 38.1 Å². The van der Waals surface area contributed by atoms with Crippen LogP contribution in [0.3, 0.4) is 0 Å². The topological polar surface area (TPSA) is 84.9 Å². The van der Waals surface area contributed by atoms with Crippen molar-refractivity contribution in [2.45, 2.75) is 26.8 Å². The predicted octanol–water partition coefficient (Wildman–Crippen LogP) is 2.33. The molecule has 0 bridgehead atoms. The second kappa shape index (κ2) is 8.82. The number of para-hydroxylation sites is 1. The van der Waals surface area contributed by atoms with Crippen LogP contribution in [0.4, 0.5) is 0 Å². The molecule has 0 aliphatic heterocycles. The third-order valence-corrected chi connectivity index (χ3v) is 3.16. The number of nitrogens with one attached hydrogen (secondary N) is 1. The molecule has 0 radical (unpaired) electrons. The highest BCUT2D eigenvalue weighted by molar-refractivity contribution is 5.94. The molecule has 0 spiro atoms. The first-order valence-corrected chi connectivity index (χ1v) is 7.41. The Hall–Kier alpha value is -2.50. The molecular formula is C17H23NO5. The highest BCUT2D eigenvalue weighted by Gasteiger charge is 2.22. The molecule has 0 saturated heterocycles. The maximum Gasteiger partial charge on any atom is 0.326 e. The lowest BCUT2D eigenvalue weighted by molar-refractivity contribution is -0.142. The zero-order chi connectivity index (χ0) is 17.4. The van der Waals surface area contributed by atoms with Gasteiger partial charge in [0.05, 0.1) is 13.7 Å². The van der Waals surface area contributed by atoms with Crippen molar-refractivity contribution in [3.63, 3.8) is 0 Å². The predicted molar refractivity (Wildman–Crippen MR) is 87.6 cm³/mol. The number of amides is 1. The van der Waals surface area contributed by atoms with Crippen LogP contribution in [0.1, 0.15) is 26.3 Å². The molecule has 0 aliphatic carbocycles. The van der Waals surface area contributed by atoms with E-state index in [4.69, 9.17) is 14.6 Å². The summed E-state index contributed by atoms with van der Waals surface area (Å²) in [5, 5.41) is 11.6. The van der Waals surface area contributed by atoms with Crippen LogP contribution in [0, 0.1) is 5.92 Å². The maximum absolute atomic E-state index is 11.9. The summed E-state index contributed by atoms with van der Waals surface area (Å²) in [4.78, 5) is 23.0. The van der Waals surface area contributed by atoms with Crippen LogP contribution in [0.2, 0.25) is 0 Å². The van der Waals surface area contributed by atoms with Gasteiger partial charge in [-0.05, 0) is 25.0 Å². The number of ether oxygens (including phenoxy) is 2. The van der Waals surface area contributed by atoms with Gasteiger partial charge >= 0.3 is 5.97 Å². The fourth-order valence-corrected chi connectivity index (χ4v) is 2.00. The summed E-state index contributed by atoms with van der Waals surface area (Å²) < 4.78 is 10.8. The third-order valence-electron chi connectivity index (χ3n) is 3.16. The second-order valence-corrected chi connectivity index (χ2v) is 5.21. The number of benzene rings is 1. The standard InChI is InChI=1S/C17H23NO5/c1-5-23-16-12(7-6-8-13(16)22-4)9-10-14(19)18-15(11(2)3)17(20)21/h6-11,15H,5H2,1-4H3,(H,18,19)(H,20,21)/b10-9+. The number of methoxy groups -OCH3 is 1. The van der Waals surface area contributed by atoms with Crippen molar-refractivity contribution in [2.75, 3.05) is 13.7 Å². The lowest BCUT2D eigenvalue weighted by Crippen LogP contribution is -2.43. The van der Waals surface area contributed by atoms with E-state index in [0.29, 0.717) is 23.7 Å². The molecule has 1 rings (SSSR count). The van der Waals surface area contributed by atoms with Gasteiger partial charge in [-0.1, -0.05) is 26.0 Å². The van der Waals surface area contributed by atoms with Gasteiger partial charge in [-0.15, -0.1) is 0 Å². The van der Waals surface area contributed by atoms with E-state index in [1.807, 2.05) is 6.92 Å². The fraction of sp³-hybridized carbons (Fsp3) is 0.412. The van der Waals surface area contributed by atoms with Gasteiger partial charge in [-0.3, -0.25) is 4.79 Å². The molecule has 0 fully saturated rings. The zero-order valence-corrected chi connectivity index (χ0v) is 13.8. The summed E-state index contributed by atoms with van der Waals surface area (Å²) in [6.45, 7) is 5.78. The van der Waals surface area contributed by atoms with E-state index < -0.39 is 17.9 Å². The van der Waals surface area contributed by atoms with Crippen molar-refractivity contribution in [1.82, 2.24) is 5.32 Å². The van der Waals surface area contributed by atoms with Crippen molar-refractivity contribution in [3.05, 3.63) is 29.8 Å². The van der Waals surface area contributed by atoms with Crippen LogP contribution in [-0.2, 0) is 9.59 Å². The number of rotatable bonds is 8. The summed E-state index contributed by atoms with van der Waals surface area (Å²) in [6.07, 6.45) is 2.86. The van der Waals surface area contributed by atoms with Crippen molar-refractivity contribution < 1.29 is 24.2 Å². The van der Waals surface area contributed by atoms with E-state index in [9.17, 15) is 9.59 Å². The molecular weight excluding hydrogens is 298 g/mol. The quantitative estimate of drug-likeness (QED) is 0.718. The van der Waals surface area contributed by atoms with E-state index in [0.717, 1.165) is 0 Å². The van der Waals surface area contributed by atoms with Crippen LogP contribution in [0.25, 0.3) is 6.08 Å². The first-order valence-electron chi connectivity index (χ1n) is 7.41. The highest BCUT2D eigenvalue weighted by atomic mass is 16.5. The number of carboxylic acids is 1. The molecule has 0 heterocycles. The lowest BCUT2D eigenvalue weighted by Gasteiger charge is -2.16. The molecule has 6 heteroatoms. The molecule has 1 amide bonds. The molecule has 1 unspecified atom stereocenters. The molecule has 0 aromatic heterocycles. The second-order valence-electron chi connectivity index (χ2n) is 5.21. The van der Waals surface area contributed by atoms with Gasteiger partial charge < -0.3 is 19.9 Å². The van der Waals surface area contributed by atoms with Crippen molar-refractivity contribution in [2.24, 2.45) is 5.92 Å². The SMILES string of the molecule is CCOc1c(/C=C/C(=O)NC(C(=O)O)C(C)C)cccc1OC. The van der Waals surface area contributed by atoms with Crippen molar-refractivity contribution in [3.8, 4) is 11.5 Å². The Morgan fingerprint density at radius 2 is 2.04 bits per heavy atom. The summed E-state index contributed by atoms with van der Waals surface area (Å²) in [5.74, 6) is -0.629. The monoisotopic (exact) mass is 321 g/mol. The van der Waals surface area contributed by atoms with Crippen molar-refractivity contribution >= 4 is 18.0 Å². The number of hydrogen-bond acceptors (Lipinski definition) is 4. The number of carbonyl (C=O) groups is 2. The molecule has 6 nitrogen and oxygen atoms in total. The molecule has 23 heavy (non-hydrogen) atoms. The summed E-state index contributed by atoms with van der Waals surface area (Å²) >= 11 is 0. The largest absolute Gasteiger partial charge is 0.493 e. The van der Waals surface area contributed by atoms with Crippen LogP contribution < -0.4 is 14.8 Å². The Balaban J connectivity index is 2.92. The molecule has 1 aromatic rings. The average molecular weight is 321 g/mol. The van der Waals surface area contributed by atoms with Gasteiger partial charge in [0.15, 0.2) is 11.5 Å². The Labute approximate surface area is 136 Å². The number of hydrogen-bond donors (Lipinski definition) is 2. The van der Waals surface area contributed by atoms with Gasteiger partial charge in [0, 0.05) is 11.6 Å². The zero-order valence-electron chi connectivity index (χ0n) is 13.8. The maximum atomic E-state index is 11.9. The fourth-order valence-electron chi connectivity index (χ4n) is 2.00. The summed E-state index contributed by atoms with van der Waals surface area (Å²) in [5.41, 5.74) is 0.678. The first-order chi connectivity index (χ1) is 10.9. The van der Waals surface area contributed by atoms with Gasteiger partial charge in [0.1, 0.15) is 6.04 Å². The Bertz CT molecular complexity index is 580. The lowest BCUT2D eigenvalue weighted by atomic mass is 10.0. The van der Waals surface area contributed by atoms with Gasteiger partial charge in [0.2, 0.25) is 5.91 Å². The number of carboxylic acid groups (broad SMARTS) is 1. The van der Waals surface area contributed by atoms with Gasteiger partial charge in [-0.25, -0.2) is 4.79 Å². The average Bonchev–Trinajstić information content (AvgIpc) is 2.51. The molecule has 1 atom stereocenters. The summed E-state index contributed by atoms with van der Waals surface area (Å²) in [7, 11) is 1.54.